The Kier molecular flexibility index (Phi) is 5.53. The molecule has 0 aliphatic carbocycles. The molecule has 1 amide bonds. The summed E-state index contributed by atoms with van der Waals surface area (Å²) in [6, 6.07) is 11.1. The fraction of sp³-hybridized carbons (Fsp3) is 0.211. The van der Waals surface area contributed by atoms with Crippen LogP contribution in [0.3, 0.4) is 0 Å². The second-order valence-electron chi connectivity index (χ2n) is 5.73. The van der Waals surface area contributed by atoms with Crippen molar-refractivity contribution in [2.75, 3.05) is 6.54 Å². The number of carbonyl (C=O) groups is 1. The Morgan fingerprint density at radius 3 is 3.00 bits per heavy atom. The maximum atomic E-state index is 12.3. The van der Waals surface area contributed by atoms with Crippen LogP contribution < -0.4 is 5.32 Å². The van der Waals surface area contributed by atoms with Crippen molar-refractivity contribution in [3.8, 4) is 11.3 Å². The van der Waals surface area contributed by atoms with E-state index >= 15 is 0 Å². The van der Waals surface area contributed by atoms with Crippen LogP contribution in [-0.2, 0) is 7.05 Å². The molecular weight excluding hydrogens is 352 g/mol. The first-order chi connectivity index (χ1) is 12.6. The number of nitrogens with zero attached hydrogens (tertiary/aromatic N) is 3. The predicted molar refractivity (Wildman–Crippen MR) is 102 cm³/mol. The molecule has 0 aliphatic rings. The molecule has 134 valence electrons. The highest BCUT2D eigenvalue weighted by Gasteiger charge is 2.15. The van der Waals surface area contributed by atoms with E-state index in [-0.39, 0.29) is 5.91 Å². The van der Waals surface area contributed by atoms with Gasteiger partial charge in [-0.15, -0.1) is 0 Å². The van der Waals surface area contributed by atoms with Gasteiger partial charge >= 0.3 is 0 Å². The predicted octanol–water partition coefficient (Wildman–Crippen LogP) is 4.22. The molecule has 0 unspecified atom stereocenters. The first-order valence-corrected chi connectivity index (χ1v) is 8.66. The molecule has 7 heteroatoms. The summed E-state index contributed by atoms with van der Waals surface area (Å²) in [6.07, 6.45) is 3.99. The first-order valence-electron chi connectivity index (χ1n) is 8.28. The van der Waals surface area contributed by atoms with Gasteiger partial charge in [0.2, 0.25) is 0 Å². The second kappa shape index (κ2) is 8.01. The minimum Gasteiger partial charge on any atom is -0.455 e. The van der Waals surface area contributed by atoms with Gasteiger partial charge in [-0.1, -0.05) is 30.7 Å². The van der Waals surface area contributed by atoms with Crippen molar-refractivity contribution in [3.63, 3.8) is 0 Å². The number of hydrogen-bond acceptors (Lipinski definition) is 4. The molecule has 3 aromatic rings. The zero-order valence-electron chi connectivity index (χ0n) is 14.6. The van der Waals surface area contributed by atoms with E-state index in [4.69, 9.17) is 16.0 Å². The number of rotatable bonds is 6. The lowest BCUT2D eigenvalue weighted by Gasteiger charge is -2.04. The third-order valence-electron chi connectivity index (χ3n) is 3.74. The smallest absolute Gasteiger partial charge is 0.271 e. The zero-order chi connectivity index (χ0) is 18.5. The van der Waals surface area contributed by atoms with Gasteiger partial charge in [0.05, 0.1) is 12.4 Å². The van der Waals surface area contributed by atoms with Crippen LogP contribution in [0.4, 0.5) is 5.69 Å². The van der Waals surface area contributed by atoms with Crippen LogP contribution in [0.25, 0.3) is 11.3 Å². The normalized spacial score (nSPS) is 11.2. The molecule has 6 nitrogen and oxygen atoms in total. The van der Waals surface area contributed by atoms with Gasteiger partial charge in [-0.2, -0.15) is 5.10 Å². The lowest BCUT2D eigenvalue weighted by molar-refractivity contribution is 0.0945. The zero-order valence-corrected chi connectivity index (χ0v) is 15.3. The summed E-state index contributed by atoms with van der Waals surface area (Å²) in [5, 5.41) is 7.60. The molecule has 0 saturated heterocycles. The van der Waals surface area contributed by atoms with Gasteiger partial charge in [0.1, 0.15) is 17.2 Å². The van der Waals surface area contributed by atoms with Crippen molar-refractivity contribution in [1.29, 1.82) is 0 Å². The number of amides is 1. The maximum Gasteiger partial charge on any atom is 0.271 e. The van der Waals surface area contributed by atoms with Crippen LogP contribution >= 0.6 is 11.6 Å². The summed E-state index contributed by atoms with van der Waals surface area (Å²) in [5.41, 5.74) is 1.79. The standard InChI is InChI=1S/C19H19ClN4O2/c1-3-9-21-19(25)18-16(12-23-24(18)2)22-11-15-7-8-17(26-15)13-5-4-6-14(20)10-13/h4-8,10-12H,3,9H2,1-2H3,(H,21,25). The van der Waals surface area contributed by atoms with E-state index in [0.717, 1.165) is 12.0 Å². The van der Waals surface area contributed by atoms with Crippen molar-refractivity contribution in [2.24, 2.45) is 12.0 Å². The summed E-state index contributed by atoms with van der Waals surface area (Å²) in [6.45, 7) is 2.60. The average Bonchev–Trinajstić information content (AvgIpc) is 3.24. The van der Waals surface area contributed by atoms with E-state index < -0.39 is 0 Å². The topological polar surface area (TPSA) is 72.4 Å². The summed E-state index contributed by atoms with van der Waals surface area (Å²) >= 11 is 6.01. The van der Waals surface area contributed by atoms with Crippen LogP contribution in [0.15, 0.2) is 52.0 Å². The Morgan fingerprint density at radius 2 is 2.23 bits per heavy atom. The lowest BCUT2D eigenvalue weighted by atomic mass is 10.2. The Labute approximate surface area is 156 Å². The van der Waals surface area contributed by atoms with Gasteiger partial charge < -0.3 is 9.73 Å². The molecule has 3 rings (SSSR count). The Balaban J connectivity index is 1.80. The van der Waals surface area contributed by atoms with Crippen molar-refractivity contribution < 1.29 is 9.21 Å². The fourth-order valence-electron chi connectivity index (χ4n) is 2.46. The Morgan fingerprint density at radius 1 is 1.38 bits per heavy atom. The number of hydrogen-bond donors (Lipinski definition) is 1. The number of furan rings is 1. The van der Waals surface area contributed by atoms with Crippen LogP contribution in [0.5, 0.6) is 0 Å². The van der Waals surface area contributed by atoms with Gasteiger partial charge in [0.25, 0.3) is 5.91 Å². The highest BCUT2D eigenvalue weighted by Crippen LogP contribution is 2.25. The number of nitrogens with one attached hydrogen (secondary N) is 1. The summed E-state index contributed by atoms with van der Waals surface area (Å²) < 4.78 is 7.29. The summed E-state index contributed by atoms with van der Waals surface area (Å²) in [5.74, 6) is 1.07. The molecule has 0 atom stereocenters. The summed E-state index contributed by atoms with van der Waals surface area (Å²) in [7, 11) is 1.71. The molecule has 2 heterocycles. The SMILES string of the molecule is CCCNC(=O)c1c(N=Cc2ccc(-c3cccc(Cl)c3)o2)cnn1C. The second-order valence-corrected chi connectivity index (χ2v) is 6.16. The van der Waals surface area contributed by atoms with E-state index in [2.05, 4.69) is 15.4 Å². The molecular formula is C19H19ClN4O2. The third kappa shape index (κ3) is 4.03. The van der Waals surface area contributed by atoms with Crippen molar-refractivity contribution >= 4 is 29.4 Å². The number of aryl methyl sites for hydroxylation is 1. The third-order valence-corrected chi connectivity index (χ3v) is 3.97. The molecule has 1 aromatic carbocycles. The van der Waals surface area contributed by atoms with Crippen molar-refractivity contribution in [2.45, 2.75) is 13.3 Å². The van der Waals surface area contributed by atoms with E-state index in [1.807, 2.05) is 43.3 Å². The van der Waals surface area contributed by atoms with E-state index in [1.165, 1.54) is 4.68 Å². The van der Waals surface area contributed by atoms with Crippen LogP contribution in [0.1, 0.15) is 29.6 Å². The van der Waals surface area contributed by atoms with Crippen LogP contribution in [0.2, 0.25) is 5.02 Å². The highest BCUT2D eigenvalue weighted by atomic mass is 35.5. The van der Waals surface area contributed by atoms with Crippen LogP contribution in [0, 0.1) is 0 Å². The van der Waals surface area contributed by atoms with E-state index in [1.54, 1.807) is 19.5 Å². The molecule has 26 heavy (non-hydrogen) atoms. The lowest BCUT2D eigenvalue weighted by Crippen LogP contribution is -2.26. The molecule has 0 spiro atoms. The van der Waals surface area contributed by atoms with Crippen molar-refractivity contribution in [1.82, 2.24) is 15.1 Å². The number of carbonyl (C=O) groups excluding carboxylic acids is 1. The Bertz CT molecular complexity index is 943. The van der Waals surface area contributed by atoms with Gasteiger partial charge in [0, 0.05) is 24.2 Å². The van der Waals surface area contributed by atoms with Crippen molar-refractivity contribution in [3.05, 3.63) is 59.1 Å². The number of aromatic nitrogens is 2. The van der Waals surface area contributed by atoms with Gasteiger partial charge in [-0.3, -0.25) is 9.48 Å². The minimum absolute atomic E-state index is 0.196. The molecule has 0 bridgehead atoms. The monoisotopic (exact) mass is 370 g/mol. The first kappa shape index (κ1) is 17.9. The van der Waals surface area contributed by atoms with Crippen LogP contribution in [-0.4, -0.2) is 28.4 Å². The molecule has 2 aromatic heterocycles. The minimum atomic E-state index is -0.196. The average molecular weight is 371 g/mol. The molecule has 1 N–H and O–H groups in total. The highest BCUT2D eigenvalue weighted by molar-refractivity contribution is 6.30. The summed E-state index contributed by atoms with van der Waals surface area (Å²) in [4.78, 5) is 16.6. The van der Waals surface area contributed by atoms with Gasteiger partial charge in [0.15, 0.2) is 5.69 Å². The van der Waals surface area contributed by atoms with Gasteiger partial charge in [-0.05, 0) is 30.7 Å². The number of aliphatic imine (C=N–C) groups is 1. The van der Waals surface area contributed by atoms with E-state index in [9.17, 15) is 4.79 Å². The largest absolute Gasteiger partial charge is 0.455 e. The molecule has 0 saturated carbocycles. The molecule has 0 fully saturated rings. The maximum absolute atomic E-state index is 12.3. The van der Waals surface area contributed by atoms with Gasteiger partial charge in [-0.25, -0.2) is 4.99 Å². The molecule has 0 aliphatic heterocycles. The fourth-order valence-corrected chi connectivity index (χ4v) is 2.65. The quantitative estimate of drug-likeness (QED) is 0.660. The number of benzene rings is 1. The number of halogens is 1. The Hall–Kier alpha value is -2.86. The van der Waals surface area contributed by atoms with E-state index in [0.29, 0.717) is 34.5 Å². The molecule has 0 radical (unpaired) electrons.